The van der Waals surface area contributed by atoms with Crippen molar-refractivity contribution in [2.75, 3.05) is 39.6 Å². The summed E-state index contributed by atoms with van der Waals surface area (Å²) in [6, 6.07) is 0.568. The second-order valence-electron chi connectivity index (χ2n) is 10.5. The topological polar surface area (TPSA) is 142 Å². The van der Waals surface area contributed by atoms with E-state index in [1.165, 1.54) is 0 Å². The highest BCUT2D eigenvalue weighted by molar-refractivity contribution is 5.11. The van der Waals surface area contributed by atoms with Crippen molar-refractivity contribution in [3.8, 4) is 18.0 Å². The third-order valence-corrected chi connectivity index (χ3v) is 6.96. The van der Waals surface area contributed by atoms with E-state index in [2.05, 4.69) is 15.0 Å². The minimum absolute atomic E-state index is 0.126. The average molecular weight is 508 g/mol. The summed E-state index contributed by atoms with van der Waals surface area (Å²) in [6.07, 6.45) is 5.48. The Balaban J connectivity index is 1.09. The van der Waals surface area contributed by atoms with Gasteiger partial charge in [0, 0.05) is 38.5 Å². The van der Waals surface area contributed by atoms with Gasteiger partial charge in [-0.3, -0.25) is 0 Å². The molecule has 0 amide bonds. The smallest absolute Gasteiger partial charge is 0.326 e. The Morgan fingerprint density at radius 1 is 0.444 bits per heavy atom. The molecule has 0 saturated carbocycles. The fourth-order valence-electron chi connectivity index (χ4n) is 4.49. The van der Waals surface area contributed by atoms with Gasteiger partial charge in [-0.1, -0.05) is 0 Å². The molecule has 0 radical (unpaired) electrons. The van der Waals surface area contributed by atoms with Crippen LogP contribution in [0.5, 0.6) is 18.0 Å². The molecule has 7 rings (SSSR count). The maximum Gasteiger partial charge on any atom is 0.326 e. The van der Waals surface area contributed by atoms with Crippen molar-refractivity contribution < 1.29 is 42.6 Å². The largest absolute Gasteiger partial charge is 0.460 e. The molecule has 0 aliphatic carbocycles. The highest BCUT2D eigenvalue weighted by Gasteiger charge is 2.37. The molecule has 6 aliphatic rings. The van der Waals surface area contributed by atoms with Crippen LogP contribution in [-0.2, 0) is 28.4 Å². The van der Waals surface area contributed by atoms with Crippen molar-refractivity contribution >= 4 is 0 Å². The first kappa shape index (κ1) is 23.3. The van der Waals surface area contributed by atoms with Gasteiger partial charge in [0.25, 0.3) is 0 Å². The zero-order valence-electron chi connectivity index (χ0n) is 20.2. The molecule has 12 nitrogen and oxygen atoms in total. The predicted octanol–water partition coefficient (Wildman–Crippen LogP) is 0.847. The summed E-state index contributed by atoms with van der Waals surface area (Å²) in [5, 5.41) is 0. The molecule has 0 spiro atoms. The summed E-state index contributed by atoms with van der Waals surface area (Å²) in [4.78, 5) is 13.6. The maximum atomic E-state index is 6.25. The number of rotatable bonds is 18. The van der Waals surface area contributed by atoms with E-state index < -0.39 is 0 Å². The lowest BCUT2D eigenvalue weighted by Crippen LogP contribution is -2.26. The summed E-state index contributed by atoms with van der Waals surface area (Å²) >= 11 is 0. The van der Waals surface area contributed by atoms with Gasteiger partial charge < -0.3 is 42.6 Å². The lowest BCUT2D eigenvalue weighted by molar-refractivity contribution is 0.110. The Labute approximate surface area is 209 Å². The number of epoxide rings is 6. The standard InChI is InChI=1S/C24H33N3O9/c1(16-7-28-16)13(2-17-8-29-17)34-22-25-23(35-14(3-18-9-30-18)4-19-10-31-19)27-24(26-22)36-15(5-20-11-32-20)6-21-12-33-21/h13-21H,1-12H2. The van der Waals surface area contributed by atoms with Crippen molar-refractivity contribution in [2.24, 2.45) is 0 Å². The number of nitrogens with zero attached hydrogens (tertiary/aromatic N) is 3. The van der Waals surface area contributed by atoms with Gasteiger partial charge in [0.05, 0.1) is 76.3 Å². The number of aromatic nitrogens is 3. The average Bonchev–Trinajstić information content (AvgIpc) is 3.58. The zero-order chi connectivity index (χ0) is 23.9. The van der Waals surface area contributed by atoms with Crippen molar-refractivity contribution in [3.05, 3.63) is 0 Å². The third-order valence-electron chi connectivity index (χ3n) is 6.96. The Bertz CT molecular complexity index is 732. The van der Waals surface area contributed by atoms with Gasteiger partial charge in [0.15, 0.2) is 0 Å². The van der Waals surface area contributed by atoms with Gasteiger partial charge in [-0.25, -0.2) is 0 Å². The summed E-state index contributed by atoms with van der Waals surface area (Å²) in [5.74, 6) is 0. The van der Waals surface area contributed by atoms with E-state index in [1.807, 2.05) is 0 Å². The van der Waals surface area contributed by atoms with Crippen LogP contribution >= 0.6 is 0 Å². The molecule has 6 aliphatic heterocycles. The maximum absolute atomic E-state index is 6.25. The molecule has 0 N–H and O–H groups in total. The Hall–Kier alpha value is -1.83. The van der Waals surface area contributed by atoms with Crippen LogP contribution in [0, 0.1) is 0 Å². The van der Waals surface area contributed by atoms with E-state index in [0.717, 1.165) is 78.2 Å². The molecule has 6 atom stereocenters. The molecule has 1 aromatic heterocycles. The highest BCUT2D eigenvalue weighted by Crippen LogP contribution is 2.30. The quantitative estimate of drug-likeness (QED) is 0.260. The second-order valence-corrected chi connectivity index (χ2v) is 10.5. The number of hydrogen-bond acceptors (Lipinski definition) is 12. The van der Waals surface area contributed by atoms with E-state index in [1.54, 1.807) is 0 Å². The summed E-state index contributed by atoms with van der Waals surface area (Å²) in [5.41, 5.74) is 0. The molecule has 6 fully saturated rings. The Morgan fingerprint density at radius 3 is 0.806 bits per heavy atom. The molecular formula is C24H33N3O9. The van der Waals surface area contributed by atoms with E-state index in [-0.39, 0.29) is 73.0 Å². The van der Waals surface area contributed by atoms with Gasteiger partial charge in [0.2, 0.25) is 0 Å². The summed E-state index contributed by atoms with van der Waals surface area (Å²) in [7, 11) is 0. The van der Waals surface area contributed by atoms with E-state index in [0.29, 0.717) is 0 Å². The Kier molecular flexibility index (Phi) is 6.57. The predicted molar refractivity (Wildman–Crippen MR) is 119 cm³/mol. The summed E-state index contributed by atoms with van der Waals surface area (Å²) < 4.78 is 51.4. The van der Waals surface area contributed by atoms with Crippen LogP contribution in [0.4, 0.5) is 0 Å². The number of hydrogen-bond donors (Lipinski definition) is 0. The Morgan fingerprint density at radius 2 is 0.639 bits per heavy atom. The summed E-state index contributed by atoms with van der Waals surface area (Å²) in [6.45, 7) is 4.55. The van der Waals surface area contributed by atoms with E-state index >= 15 is 0 Å². The van der Waals surface area contributed by atoms with Crippen molar-refractivity contribution in [1.82, 2.24) is 15.0 Å². The lowest BCUT2D eigenvalue weighted by atomic mass is 10.1. The fraction of sp³-hybridized carbons (Fsp3) is 0.875. The fourth-order valence-corrected chi connectivity index (χ4v) is 4.49. The lowest BCUT2D eigenvalue weighted by Gasteiger charge is -2.20. The van der Waals surface area contributed by atoms with Crippen LogP contribution in [0.3, 0.4) is 0 Å². The molecule has 6 unspecified atom stereocenters. The SMILES string of the molecule is C1OC1CC(CC1CO1)Oc1nc(OC(CC2CO2)CC2CO2)nc(OC(CC2CO2)CC2CO2)n1. The zero-order valence-corrected chi connectivity index (χ0v) is 20.2. The first-order valence-electron chi connectivity index (χ1n) is 13.2. The third kappa shape index (κ3) is 7.59. The van der Waals surface area contributed by atoms with Gasteiger partial charge in [0.1, 0.15) is 18.3 Å². The molecule has 0 bridgehead atoms. The van der Waals surface area contributed by atoms with Crippen LogP contribution in [-0.4, -0.2) is 110 Å². The van der Waals surface area contributed by atoms with Crippen LogP contribution < -0.4 is 14.2 Å². The molecule has 1 aromatic rings. The van der Waals surface area contributed by atoms with Crippen molar-refractivity contribution in [2.45, 2.75) is 93.5 Å². The van der Waals surface area contributed by atoms with Gasteiger partial charge >= 0.3 is 18.0 Å². The normalized spacial score (nSPS) is 35.3. The van der Waals surface area contributed by atoms with Crippen LogP contribution in [0.15, 0.2) is 0 Å². The van der Waals surface area contributed by atoms with Crippen molar-refractivity contribution in [1.29, 1.82) is 0 Å². The van der Waals surface area contributed by atoms with E-state index in [9.17, 15) is 0 Å². The van der Waals surface area contributed by atoms with Gasteiger partial charge in [-0.2, -0.15) is 0 Å². The molecule has 0 aromatic carbocycles. The second kappa shape index (κ2) is 10.1. The first-order chi connectivity index (χ1) is 17.7. The molecular weight excluding hydrogens is 474 g/mol. The minimum Gasteiger partial charge on any atom is -0.460 e. The number of ether oxygens (including phenoxy) is 9. The van der Waals surface area contributed by atoms with Crippen LogP contribution in [0.2, 0.25) is 0 Å². The first-order valence-corrected chi connectivity index (χ1v) is 13.2. The molecule has 12 heteroatoms. The molecule has 7 heterocycles. The van der Waals surface area contributed by atoms with Crippen LogP contribution in [0.1, 0.15) is 38.5 Å². The van der Waals surface area contributed by atoms with E-state index in [4.69, 9.17) is 42.6 Å². The van der Waals surface area contributed by atoms with Gasteiger partial charge in [-0.15, -0.1) is 15.0 Å². The molecule has 6 saturated heterocycles. The monoisotopic (exact) mass is 507 g/mol. The van der Waals surface area contributed by atoms with Crippen LogP contribution in [0.25, 0.3) is 0 Å². The van der Waals surface area contributed by atoms with Crippen molar-refractivity contribution in [3.63, 3.8) is 0 Å². The highest BCUT2D eigenvalue weighted by atomic mass is 16.6. The van der Waals surface area contributed by atoms with Gasteiger partial charge in [-0.05, 0) is 0 Å². The minimum atomic E-state index is -0.126. The molecule has 36 heavy (non-hydrogen) atoms. The molecule has 198 valence electrons.